The van der Waals surface area contributed by atoms with Gasteiger partial charge >= 0.3 is 11.9 Å². The predicted molar refractivity (Wildman–Crippen MR) is 60.5 cm³/mol. The van der Waals surface area contributed by atoms with Gasteiger partial charge in [-0.1, -0.05) is 11.6 Å². The van der Waals surface area contributed by atoms with Gasteiger partial charge in [0.2, 0.25) is 0 Å². The number of carbonyl (C=O) groups excluding carboxylic acids is 1. The first-order valence-corrected chi connectivity index (χ1v) is 5.23. The number of rotatable bonds is 5. The summed E-state index contributed by atoms with van der Waals surface area (Å²) in [5.41, 5.74) is 0.149. The van der Waals surface area contributed by atoms with Crippen LogP contribution >= 0.6 is 11.6 Å². The van der Waals surface area contributed by atoms with Crippen LogP contribution in [0.15, 0.2) is 18.2 Å². The largest absolute Gasteiger partial charge is 0.482 e. The number of esters is 1. The van der Waals surface area contributed by atoms with Crippen LogP contribution in [0, 0.1) is 0 Å². The fraction of sp³-hybridized carbons (Fsp3) is 0.273. The van der Waals surface area contributed by atoms with Crippen LogP contribution in [0.2, 0.25) is 5.02 Å². The zero-order valence-electron chi connectivity index (χ0n) is 9.10. The molecule has 0 fully saturated rings. The second kappa shape index (κ2) is 6.10. The van der Waals surface area contributed by atoms with Crippen LogP contribution in [0.3, 0.4) is 0 Å². The third-order valence-corrected chi connectivity index (χ3v) is 2.13. The van der Waals surface area contributed by atoms with Crippen LogP contribution in [0.4, 0.5) is 0 Å². The van der Waals surface area contributed by atoms with Gasteiger partial charge in [-0.2, -0.15) is 0 Å². The molecule has 0 atom stereocenters. The first kappa shape index (κ1) is 13.3. The SMILES string of the molecule is CCOC(=O)c1cc(OCC(=O)O)ccc1Cl. The molecule has 1 rings (SSSR count). The van der Waals surface area contributed by atoms with Gasteiger partial charge in [0, 0.05) is 0 Å². The Morgan fingerprint density at radius 3 is 2.71 bits per heavy atom. The first-order chi connectivity index (χ1) is 8.04. The van der Waals surface area contributed by atoms with Crippen molar-refractivity contribution in [1.82, 2.24) is 0 Å². The molecule has 0 aliphatic carbocycles. The monoisotopic (exact) mass is 258 g/mol. The van der Waals surface area contributed by atoms with Gasteiger partial charge in [-0.05, 0) is 25.1 Å². The summed E-state index contributed by atoms with van der Waals surface area (Å²) >= 11 is 5.82. The lowest BCUT2D eigenvalue weighted by molar-refractivity contribution is -0.139. The van der Waals surface area contributed by atoms with Gasteiger partial charge in [-0.25, -0.2) is 9.59 Å². The first-order valence-electron chi connectivity index (χ1n) is 4.86. The van der Waals surface area contributed by atoms with Crippen LogP contribution in [-0.4, -0.2) is 30.3 Å². The summed E-state index contributed by atoms with van der Waals surface area (Å²) < 4.78 is 9.72. The van der Waals surface area contributed by atoms with Crippen LogP contribution in [0.25, 0.3) is 0 Å². The molecule has 0 saturated carbocycles. The van der Waals surface area contributed by atoms with Gasteiger partial charge in [-0.3, -0.25) is 0 Å². The molecule has 0 aromatic heterocycles. The van der Waals surface area contributed by atoms with Crippen molar-refractivity contribution in [2.45, 2.75) is 6.92 Å². The molecule has 0 spiro atoms. The van der Waals surface area contributed by atoms with Crippen molar-refractivity contribution in [3.63, 3.8) is 0 Å². The van der Waals surface area contributed by atoms with Crippen LogP contribution in [-0.2, 0) is 9.53 Å². The van der Waals surface area contributed by atoms with E-state index < -0.39 is 18.5 Å². The van der Waals surface area contributed by atoms with Crippen LogP contribution < -0.4 is 4.74 Å². The number of benzene rings is 1. The van der Waals surface area contributed by atoms with Crippen molar-refractivity contribution in [2.75, 3.05) is 13.2 Å². The summed E-state index contributed by atoms with van der Waals surface area (Å²) in [6, 6.07) is 4.28. The maximum absolute atomic E-state index is 11.5. The minimum Gasteiger partial charge on any atom is -0.482 e. The number of aliphatic carboxylic acids is 1. The molecular formula is C11H11ClO5. The van der Waals surface area contributed by atoms with E-state index in [1.165, 1.54) is 18.2 Å². The third-order valence-electron chi connectivity index (χ3n) is 1.80. The molecule has 0 heterocycles. The Kier molecular flexibility index (Phi) is 4.78. The minimum atomic E-state index is -1.10. The van der Waals surface area contributed by atoms with E-state index in [0.717, 1.165) is 0 Å². The number of carboxylic acids is 1. The highest BCUT2D eigenvalue weighted by Gasteiger charge is 2.13. The summed E-state index contributed by atoms with van der Waals surface area (Å²) in [5.74, 6) is -1.42. The fourth-order valence-corrected chi connectivity index (χ4v) is 1.30. The van der Waals surface area contributed by atoms with Gasteiger partial charge in [0.25, 0.3) is 0 Å². The molecule has 0 unspecified atom stereocenters. The Balaban J connectivity index is 2.86. The zero-order chi connectivity index (χ0) is 12.8. The summed E-state index contributed by atoms with van der Waals surface area (Å²) in [5, 5.41) is 8.68. The van der Waals surface area contributed by atoms with Crippen LogP contribution in [0.5, 0.6) is 5.75 Å². The van der Waals surface area contributed by atoms with E-state index in [9.17, 15) is 9.59 Å². The highest BCUT2D eigenvalue weighted by atomic mass is 35.5. The average molecular weight is 259 g/mol. The minimum absolute atomic E-state index is 0.149. The molecule has 0 bridgehead atoms. The average Bonchev–Trinajstić information content (AvgIpc) is 2.28. The molecule has 0 aliphatic heterocycles. The quantitative estimate of drug-likeness (QED) is 0.818. The van der Waals surface area contributed by atoms with E-state index in [4.69, 9.17) is 26.2 Å². The van der Waals surface area contributed by atoms with Crippen molar-refractivity contribution in [1.29, 1.82) is 0 Å². The molecule has 0 radical (unpaired) electrons. The summed E-state index contributed by atoms with van der Waals surface area (Å²) in [6.45, 7) is 1.43. The maximum Gasteiger partial charge on any atom is 0.341 e. The highest BCUT2D eigenvalue weighted by Crippen LogP contribution is 2.22. The van der Waals surface area contributed by atoms with E-state index in [0.29, 0.717) is 0 Å². The predicted octanol–water partition coefficient (Wildman–Crippen LogP) is 1.98. The number of carboxylic acid groups (broad SMARTS) is 1. The Hall–Kier alpha value is -1.75. The molecule has 1 aromatic carbocycles. The lowest BCUT2D eigenvalue weighted by atomic mass is 10.2. The Morgan fingerprint density at radius 2 is 2.12 bits per heavy atom. The van der Waals surface area contributed by atoms with Gasteiger partial charge in [0.15, 0.2) is 6.61 Å². The molecule has 0 amide bonds. The van der Waals surface area contributed by atoms with E-state index in [1.54, 1.807) is 6.92 Å². The smallest absolute Gasteiger partial charge is 0.341 e. The lowest BCUT2D eigenvalue weighted by Gasteiger charge is -2.07. The Bertz CT molecular complexity index is 430. The lowest BCUT2D eigenvalue weighted by Crippen LogP contribution is -2.10. The molecule has 1 aromatic rings. The van der Waals surface area contributed by atoms with E-state index in [-0.39, 0.29) is 22.9 Å². The van der Waals surface area contributed by atoms with Crippen molar-refractivity contribution in [3.05, 3.63) is 28.8 Å². The number of hydrogen-bond donors (Lipinski definition) is 1. The van der Waals surface area contributed by atoms with Gasteiger partial charge < -0.3 is 14.6 Å². The molecule has 0 aliphatic rings. The molecule has 0 saturated heterocycles. The van der Waals surface area contributed by atoms with Crippen molar-refractivity contribution in [3.8, 4) is 5.75 Å². The molecular weight excluding hydrogens is 248 g/mol. The number of hydrogen-bond acceptors (Lipinski definition) is 4. The molecule has 5 nitrogen and oxygen atoms in total. The van der Waals surface area contributed by atoms with Crippen molar-refractivity contribution in [2.24, 2.45) is 0 Å². The van der Waals surface area contributed by atoms with Crippen LogP contribution in [0.1, 0.15) is 17.3 Å². The van der Waals surface area contributed by atoms with E-state index in [1.807, 2.05) is 0 Å². The fourth-order valence-electron chi connectivity index (χ4n) is 1.10. The Morgan fingerprint density at radius 1 is 1.41 bits per heavy atom. The summed E-state index contributed by atoms with van der Waals surface area (Å²) in [7, 11) is 0. The topological polar surface area (TPSA) is 72.8 Å². The summed E-state index contributed by atoms with van der Waals surface area (Å²) in [6.07, 6.45) is 0. The number of halogens is 1. The molecule has 6 heteroatoms. The van der Waals surface area contributed by atoms with Gasteiger partial charge in [0.1, 0.15) is 5.75 Å². The Labute approximate surface area is 103 Å². The highest BCUT2D eigenvalue weighted by molar-refractivity contribution is 6.33. The van der Waals surface area contributed by atoms with Crippen molar-refractivity contribution < 1.29 is 24.2 Å². The van der Waals surface area contributed by atoms with Crippen molar-refractivity contribution >= 4 is 23.5 Å². The van der Waals surface area contributed by atoms with Gasteiger partial charge in [-0.15, -0.1) is 0 Å². The van der Waals surface area contributed by atoms with Gasteiger partial charge in [0.05, 0.1) is 17.2 Å². The van der Waals surface area contributed by atoms with E-state index >= 15 is 0 Å². The maximum atomic E-state index is 11.5. The summed E-state index contributed by atoms with van der Waals surface area (Å²) in [4.78, 5) is 21.8. The number of carbonyl (C=O) groups is 2. The molecule has 1 N–H and O–H groups in total. The number of ether oxygens (including phenoxy) is 2. The second-order valence-electron chi connectivity index (χ2n) is 3.04. The second-order valence-corrected chi connectivity index (χ2v) is 3.45. The normalized spacial score (nSPS) is 9.76. The molecule has 17 heavy (non-hydrogen) atoms. The third kappa shape index (κ3) is 3.96. The molecule has 92 valence electrons. The standard InChI is InChI=1S/C11H11ClO5/c1-2-16-11(15)8-5-7(3-4-9(8)12)17-6-10(13)14/h3-5H,2,6H2,1H3,(H,13,14). The zero-order valence-corrected chi connectivity index (χ0v) is 9.86. The van der Waals surface area contributed by atoms with E-state index in [2.05, 4.69) is 0 Å².